The van der Waals surface area contributed by atoms with Gasteiger partial charge in [-0.1, -0.05) is 62.9 Å². The minimum atomic E-state index is -1.42. The Hall–Kier alpha value is -2.03. The summed E-state index contributed by atoms with van der Waals surface area (Å²) in [5.74, 6) is -0.233. The summed E-state index contributed by atoms with van der Waals surface area (Å²) < 4.78 is 40.3. The van der Waals surface area contributed by atoms with E-state index < -0.39 is 17.5 Å². The molecule has 2 aliphatic carbocycles. The number of benzene rings is 2. The Kier molecular flexibility index (Phi) is 7.98. The van der Waals surface area contributed by atoms with Crippen molar-refractivity contribution in [1.29, 1.82) is 0 Å². The third-order valence-corrected chi connectivity index (χ3v) is 8.26. The molecule has 0 aliphatic heterocycles. The molecule has 2 aliphatic rings. The molecule has 0 amide bonds. The fraction of sp³-hybridized carbons (Fsp3) is 0.533. The molecule has 178 valence electrons. The first-order chi connectivity index (χ1) is 15.9. The van der Waals surface area contributed by atoms with Gasteiger partial charge in [0.2, 0.25) is 0 Å². The van der Waals surface area contributed by atoms with Gasteiger partial charge in [-0.2, -0.15) is 0 Å². The second-order valence-corrected chi connectivity index (χ2v) is 10.4. The number of hydrogen-bond donors (Lipinski definition) is 0. The van der Waals surface area contributed by atoms with Crippen molar-refractivity contribution in [2.75, 3.05) is 0 Å². The van der Waals surface area contributed by atoms with Crippen molar-refractivity contribution in [2.24, 2.45) is 17.8 Å². The lowest BCUT2D eigenvalue weighted by Crippen LogP contribution is -2.25. The van der Waals surface area contributed by atoms with E-state index in [0.717, 1.165) is 35.4 Å². The smallest absolute Gasteiger partial charge is 0.194 e. The van der Waals surface area contributed by atoms with Crippen molar-refractivity contribution in [3.8, 4) is 0 Å². The minimum Gasteiger partial charge on any atom is -0.204 e. The van der Waals surface area contributed by atoms with Crippen LogP contribution >= 0.6 is 0 Å². The summed E-state index contributed by atoms with van der Waals surface area (Å²) in [6.45, 7) is 4.10. The molecule has 0 heterocycles. The van der Waals surface area contributed by atoms with Crippen molar-refractivity contribution < 1.29 is 13.2 Å². The van der Waals surface area contributed by atoms with Gasteiger partial charge in [0.05, 0.1) is 0 Å². The van der Waals surface area contributed by atoms with Crippen LogP contribution in [-0.2, 0) is 0 Å². The van der Waals surface area contributed by atoms with Gasteiger partial charge in [0.25, 0.3) is 0 Å². The van der Waals surface area contributed by atoms with Crippen LogP contribution in [0.2, 0.25) is 0 Å². The minimum absolute atomic E-state index is 0.359. The van der Waals surface area contributed by atoms with Crippen LogP contribution in [-0.4, -0.2) is 0 Å². The lowest BCUT2D eigenvalue weighted by Gasteiger charge is -2.38. The SMILES string of the molecule is CCCC1CCC(C2CCC(c3ccc(/C=C(\C)c4cc(F)c(F)c(F)c4)cc3)CC2)CC1. The van der Waals surface area contributed by atoms with E-state index in [0.29, 0.717) is 17.1 Å². The van der Waals surface area contributed by atoms with E-state index in [1.165, 1.54) is 69.8 Å². The number of halogens is 3. The molecule has 0 radical (unpaired) electrons. The van der Waals surface area contributed by atoms with Crippen LogP contribution in [0.5, 0.6) is 0 Å². The zero-order valence-electron chi connectivity index (χ0n) is 20.1. The average molecular weight is 455 g/mol. The van der Waals surface area contributed by atoms with Crippen molar-refractivity contribution in [1.82, 2.24) is 0 Å². The third-order valence-electron chi connectivity index (χ3n) is 8.26. The molecular weight excluding hydrogens is 417 g/mol. The summed E-state index contributed by atoms with van der Waals surface area (Å²) in [5.41, 5.74) is 3.44. The van der Waals surface area contributed by atoms with Gasteiger partial charge in [0, 0.05) is 0 Å². The summed E-state index contributed by atoms with van der Waals surface area (Å²) in [7, 11) is 0. The quantitative estimate of drug-likeness (QED) is 0.301. The maximum Gasteiger partial charge on any atom is 0.194 e. The van der Waals surface area contributed by atoms with E-state index in [1.807, 2.05) is 6.08 Å². The Balaban J connectivity index is 1.32. The second kappa shape index (κ2) is 10.9. The van der Waals surface area contributed by atoms with E-state index in [1.54, 1.807) is 6.92 Å². The van der Waals surface area contributed by atoms with Gasteiger partial charge in [-0.15, -0.1) is 0 Å². The van der Waals surface area contributed by atoms with Gasteiger partial charge in [-0.3, -0.25) is 0 Å². The molecule has 4 rings (SSSR count). The Bertz CT molecular complexity index is 920. The van der Waals surface area contributed by atoms with Gasteiger partial charge in [0.15, 0.2) is 17.5 Å². The standard InChI is InChI=1S/C30H37F3/c1-3-4-21-5-9-23(10-6-21)25-13-15-26(16-14-25)24-11-7-22(8-12-24)17-20(2)27-18-28(31)30(33)29(32)19-27/h7-8,11-12,17-19,21,23,25-26H,3-6,9-10,13-16H2,1-2H3/b20-17+. The first-order valence-corrected chi connectivity index (χ1v) is 12.9. The van der Waals surface area contributed by atoms with Gasteiger partial charge < -0.3 is 0 Å². The summed E-state index contributed by atoms with van der Waals surface area (Å²) in [6, 6.07) is 10.7. The molecule has 0 bridgehead atoms. The van der Waals surface area contributed by atoms with Crippen LogP contribution in [0.3, 0.4) is 0 Å². The number of allylic oxidation sites excluding steroid dienone is 1. The molecule has 0 saturated heterocycles. The lowest BCUT2D eigenvalue weighted by molar-refractivity contribution is 0.156. The maximum atomic E-state index is 13.6. The molecule has 2 aromatic carbocycles. The summed E-state index contributed by atoms with van der Waals surface area (Å²) in [4.78, 5) is 0. The molecule has 0 unspecified atom stereocenters. The topological polar surface area (TPSA) is 0 Å². The highest BCUT2D eigenvalue weighted by Gasteiger charge is 2.31. The first-order valence-electron chi connectivity index (χ1n) is 12.9. The van der Waals surface area contributed by atoms with Crippen LogP contribution in [0.1, 0.15) is 101 Å². The van der Waals surface area contributed by atoms with Gasteiger partial charge >= 0.3 is 0 Å². The Labute approximate surface area is 197 Å². The van der Waals surface area contributed by atoms with Crippen molar-refractivity contribution >= 4 is 11.6 Å². The van der Waals surface area contributed by atoms with E-state index in [9.17, 15) is 13.2 Å². The molecule has 0 spiro atoms. The first kappa shape index (κ1) is 24.1. The van der Waals surface area contributed by atoms with Crippen molar-refractivity contribution in [3.05, 3.63) is 70.5 Å². The van der Waals surface area contributed by atoms with Crippen molar-refractivity contribution in [2.45, 2.75) is 84.0 Å². The maximum absolute atomic E-state index is 13.6. The van der Waals surface area contributed by atoms with E-state index in [4.69, 9.17) is 0 Å². The Morgan fingerprint density at radius 2 is 1.36 bits per heavy atom. The van der Waals surface area contributed by atoms with E-state index >= 15 is 0 Å². The molecule has 0 nitrogen and oxygen atoms in total. The molecule has 0 N–H and O–H groups in total. The summed E-state index contributed by atoms with van der Waals surface area (Å²) in [6.07, 6.45) is 15.7. The Morgan fingerprint density at radius 3 is 1.91 bits per heavy atom. The predicted molar refractivity (Wildman–Crippen MR) is 131 cm³/mol. The van der Waals surface area contributed by atoms with Gasteiger partial charge in [0.1, 0.15) is 0 Å². The molecular formula is C30H37F3. The zero-order chi connectivity index (χ0) is 23.4. The van der Waals surface area contributed by atoms with Crippen LogP contribution in [0.25, 0.3) is 11.6 Å². The molecule has 2 aromatic rings. The average Bonchev–Trinajstić information content (AvgIpc) is 2.83. The fourth-order valence-electron chi connectivity index (χ4n) is 6.26. The summed E-state index contributed by atoms with van der Waals surface area (Å²) >= 11 is 0. The van der Waals surface area contributed by atoms with Crippen LogP contribution < -0.4 is 0 Å². The van der Waals surface area contributed by atoms with Crippen LogP contribution in [0, 0.1) is 35.2 Å². The molecule has 3 heteroatoms. The van der Waals surface area contributed by atoms with Gasteiger partial charge in [-0.25, -0.2) is 13.2 Å². The molecule has 2 fully saturated rings. The van der Waals surface area contributed by atoms with E-state index in [2.05, 4.69) is 31.2 Å². The summed E-state index contributed by atoms with van der Waals surface area (Å²) in [5, 5.41) is 0. The largest absolute Gasteiger partial charge is 0.204 e. The third kappa shape index (κ3) is 5.91. The number of rotatable bonds is 6. The lowest BCUT2D eigenvalue weighted by atomic mass is 9.68. The number of hydrogen-bond acceptors (Lipinski definition) is 0. The monoisotopic (exact) mass is 454 g/mol. The van der Waals surface area contributed by atoms with Crippen molar-refractivity contribution in [3.63, 3.8) is 0 Å². The predicted octanol–water partition coefficient (Wildman–Crippen LogP) is 9.54. The Morgan fingerprint density at radius 1 is 0.818 bits per heavy atom. The highest BCUT2D eigenvalue weighted by atomic mass is 19.2. The fourth-order valence-corrected chi connectivity index (χ4v) is 6.26. The van der Waals surface area contributed by atoms with Crippen LogP contribution in [0.15, 0.2) is 36.4 Å². The highest BCUT2D eigenvalue weighted by molar-refractivity contribution is 5.80. The molecule has 0 atom stereocenters. The molecule has 33 heavy (non-hydrogen) atoms. The van der Waals surface area contributed by atoms with Crippen LogP contribution in [0.4, 0.5) is 13.2 Å². The van der Waals surface area contributed by atoms with Gasteiger partial charge in [-0.05, 0) is 104 Å². The molecule has 2 saturated carbocycles. The zero-order valence-corrected chi connectivity index (χ0v) is 20.1. The highest BCUT2D eigenvalue weighted by Crippen LogP contribution is 2.44. The second-order valence-electron chi connectivity index (χ2n) is 10.4. The molecule has 0 aromatic heterocycles. The normalized spacial score (nSPS) is 26.4. The van der Waals surface area contributed by atoms with E-state index in [-0.39, 0.29) is 0 Å².